The number of anilines is 1. The summed E-state index contributed by atoms with van der Waals surface area (Å²) in [6.07, 6.45) is 0.211. The van der Waals surface area contributed by atoms with Crippen LogP contribution < -0.4 is 10.1 Å². The summed E-state index contributed by atoms with van der Waals surface area (Å²) in [4.78, 5) is 23.4. The van der Waals surface area contributed by atoms with E-state index >= 15 is 0 Å². The molecule has 0 aromatic heterocycles. The molecule has 2 aromatic carbocycles. The number of benzene rings is 2. The van der Waals surface area contributed by atoms with Gasteiger partial charge in [0.1, 0.15) is 5.75 Å². The summed E-state index contributed by atoms with van der Waals surface area (Å²) < 4.78 is 9.84. The van der Waals surface area contributed by atoms with Crippen molar-refractivity contribution >= 4 is 17.6 Å². The van der Waals surface area contributed by atoms with E-state index in [2.05, 4.69) is 10.1 Å². The Balaban J connectivity index is 2.01. The zero-order chi connectivity index (χ0) is 15.9. The van der Waals surface area contributed by atoms with Gasteiger partial charge in [-0.2, -0.15) is 0 Å². The van der Waals surface area contributed by atoms with Gasteiger partial charge in [0.25, 0.3) is 0 Å². The van der Waals surface area contributed by atoms with Crippen LogP contribution in [0.4, 0.5) is 5.69 Å². The van der Waals surface area contributed by atoms with Gasteiger partial charge in [-0.25, -0.2) is 4.79 Å². The summed E-state index contributed by atoms with van der Waals surface area (Å²) in [5.41, 5.74) is 1.87. The van der Waals surface area contributed by atoms with Crippen molar-refractivity contribution < 1.29 is 19.1 Å². The quantitative estimate of drug-likeness (QED) is 0.862. The highest BCUT2D eigenvalue weighted by Gasteiger charge is 2.09. The second-order valence-corrected chi connectivity index (χ2v) is 4.61. The molecule has 0 radical (unpaired) electrons. The fraction of sp³-hybridized carbons (Fsp3) is 0.176. The summed E-state index contributed by atoms with van der Waals surface area (Å²) in [5, 5.41) is 2.78. The third-order valence-electron chi connectivity index (χ3n) is 3.13. The molecule has 2 rings (SSSR count). The van der Waals surface area contributed by atoms with Gasteiger partial charge < -0.3 is 14.8 Å². The van der Waals surface area contributed by atoms with Gasteiger partial charge in [0.15, 0.2) is 0 Å². The van der Waals surface area contributed by atoms with Crippen LogP contribution in [0.25, 0.3) is 0 Å². The van der Waals surface area contributed by atoms with Gasteiger partial charge in [-0.05, 0) is 30.3 Å². The summed E-state index contributed by atoms with van der Waals surface area (Å²) in [6, 6.07) is 13.9. The topological polar surface area (TPSA) is 64.6 Å². The van der Waals surface area contributed by atoms with E-state index in [9.17, 15) is 9.59 Å². The molecule has 0 bridgehead atoms. The third kappa shape index (κ3) is 3.85. The van der Waals surface area contributed by atoms with Gasteiger partial charge >= 0.3 is 5.97 Å². The number of hydrogen-bond acceptors (Lipinski definition) is 4. The smallest absolute Gasteiger partial charge is 0.337 e. The first-order chi connectivity index (χ1) is 10.6. The molecular formula is C17H17NO4. The fourth-order valence-electron chi connectivity index (χ4n) is 2.03. The number of esters is 1. The van der Waals surface area contributed by atoms with Gasteiger partial charge in [0.2, 0.25) is 5.91 Å². The van der Waals surface area contributed by atoms with Crippen molar-refractivity contribution in [2.24, 2.45) is 0 Å². The number of hydrogen-bond donors (Lipinski definition) is 1. The molecule has 0 heterocycles. The minimum Gasteiger partial charge on any atom is -0.496 e. The zero-order valence-corrected chi connectivity index (χ0v) is 12.5. The Labute approximate surface area is 128 Å². The van der Waals surface area contributed by atoms with Crippen molar-refractivity contribution in [1.29, 1.82) is 0 Å². The molecule has 2 aromatic rings. The van der Waals surface area contributed by atoms with E-state index in [1.807, 2.05) is 24.3 Å². The maximum atomic E-state index is 12.1. The van der Waals surface area contributed by atoms with E-state index in [1.54, 1.807) is 31.4 Å². The minimum absolute atomic E-state index is 0.157. The Bertz CT molecular complexity index is 665. The van der Waals surface area contributed by atoms with Crippen LogP contribution in [0, 0.1) is 0 Å². The molecule has 1 amide bonds. The van der Waals surface area contributed by atoms with Crippen LogP contribution in [0.2, 0.25) is 0 Å². The van der Waals surface area contributed by atoms with E-state index < -0.39 is 5.97 Å². The van der Waals surface area contributed by atoms with Crippen LogP contribution in [-0.2, 0) is 16.0 Å². The van der Waals surface area contributed by atoms with Crippen molar-refractivity contribution in [3.63, 3.8) is 0 Å². The lowest BCUT2D eigenvalue weighted by Gasteiger charge is -2.09. The Morgan fingerprint density at radius 1 is 1.00 bits per heavy atom. The van der Waals surface area contributed by atoms with Gasteiger partial charge in [-0.3, -0.25) is 4.79 Å². The van der Waals surface area contributed by atoms with Crippen LogP contribution in [0.1, 0.15) is 15.9 Å². The molecule has 22 heavy (non-hydrogen) atoms. The number of methoxy groups -OCH3 is 2. The molecule has 0 aliphatic carbocycles. The zero-order valence-electron chi connectivity index (χ0n) is 12.5. The normalized spacial score (nSPS) is 9.91. The summed E-state index contributed by atoms with van der Waals surface area (Å²) in [5.74, 6) is 0.112. The average molecular weight is 299 g/mol. The van der Waals surface area contributed by atoms with Crippen LogP contribution in [0.3, 0.4) is 0 Å². The Morgan fingerprint density at radius 2 is 1.68 bits per heavy atom. The highest BCUT2D eigenvalue weighted by molar-refractivity contribution is 5.94. The maximum Gasteiger partial charge on any atom is 0.337 e. The standard InChI is InChI=1S/C17H17NO4/c1-21-15-6-4-3-5-13(15)11-16(19)18-14-9-7-12(8-10-14)17(20)22-2/h3-10H,11H2,1-2H3,(H,18,19). The lowest BCUT2D eigenvalue weighted by atomic mass is 10.1. The molecule has 0 fully saturated rings. The first-order valence-corrected chi connectivity index (χ1v) is 6.74. The number of nitrogens with one attached hydrogen (secondary N) is 1. The molecular weight excluding hydrogens is 282 g/mol. The van der Waals surface area contributed by atoms with E-state index in [0.29, 0.717) is 17.0 Å². The van der Waals surface area contributed by atoms with Crippen molar-refractivity contribution in [3.05, 3.63) is 59.7 Å². The molecule has 0 unspecified atom stereocenters. The Morgan fingerprint density at radius 3 is 2.32 bits per heavy atom. The Kier molecular flexibility index (Phi) is 5.14. The predicted octanol–water partition coefficient (Wildman–Crippen LogP) is 2.66. The number of carbonyl (C=O) groups excluding carboxylic acids is 2. The first-order valence-electron chi connectivity index (χ1n) is 6.74. The first kappa shape index (κ1) is 15.6. The number of ether oxygens (including phenoxy) is 2. The second-order valence-electron chi connectivity index (χ2n) is 4.61. The molecule has 0 aliphatic heterocycles. The highest BCUT2D eigenvalue weighted by Crippen LogP contribution is 2.18. The van der Waals surface area contributed by atoms with Crippen LogP contribution in [0.5, 0.6) is 5.75 Å². The molecule has 1 N–H and O–H groups in total. The third-order valence-corrected chi connectivity index (χ3v) is 3.13. The van der Waals surface area contributed by atoms with E-state index in [-0.39, 0.29) is 12.3 Å². The van der Waals surface area contributed by atoms with Crippen LogP contribution >= 0.6 is 0 Å². The molecule has 5 heteroatoms. The summed E-state index contributed by atoms with van der Waals surface area (Å²) >= 11 is 0. The maximum absolute atomic E-state index is 12.1. The van der Waals surface area contributed by atoms with E-state index in [1.165, 1.54) is 7.11 Å². The SMILES string of the molecule is COC(=O)c1ccc(NC(=O)Cc2ccccc2OC)cc1. The molecule has 0 aliphatic rings. The average Bonchev–Trinajstić information content (AvgIpc) is 2.55. The number of amides is 1. The molecule has 5 nitrogen and oxygen atoms in total. The van der Waals surface area contributed by atoms with Gasteiger partial charge in [0, 0.05) is 11.3 Å². The monoisotopic (exact) mass is 299 g/mol. The lowest BCUT2D eigenvalue weighted by Crippen LogP contribution is -2.15. The lowest BCUT2D eigenvalue weighted by molar-refractivity contribution is -0.115. The van der Waals surface area contributed by atoms with Crippen molar-refractivity contribution in [2.75, 3.05) is 19.5 Å². The number of rotatable bonds is 5. The molecule has 0 saturated carbocycles. The van der Waals surface area contributed by atoms with Gasteiger partial charge in [0.05, 0.1) is 26.2 Å². The van der Waals surface area contributed by atoms with Gasteiger partial charge in [-0.15, -0.1) is 0 Å². The van der Waals surface area contributed by atoms with Gasteiger partial charge in [-0.1, -0.05) is 18.2 Å². The summed E-state index contributed by atoms with van der Waals surface area (Å²) in [7, 11) is 2.90. The predicted molar refractivity (Wildman–Crippen MR) is 83.1 cm³/mol. The van der Waals surface area contributed by atoms with Crippen molar-refractivity contribution in [2.45, 2.75) is 6.42 Å². The fourth-order valence-corrected chi connectivity index (χ4v) is 2.03. The minimum atomic E-state index is -0.410. The van der Waals surface area contributed by atoms with E-state index in [4.69, 9.17) is 4.74 Å². The highest BCUT2D eigenvalue weighted by atomic mass is 16.5. The van der Waals surface area contributed by atoms with E-state index in [0.717, 1.165) is 5.56 Å². The van der Waals surface area contributed by atoms with Crippen LogP contribution in [0.15, 0.2) is 48.5 Å². The van der Waals surface area contributed by atoms with Crippen molar-refractivity contribution in [1.82, 2.24) is 0 Å². The largest absolute Gasteiger partial charge is 0.496 e. The molecule has 0 spiro atoms. The number of carbonyl (C=O) groups is 2. The molecule has 0 saturated heterocycles. The van der Waals surface area contributed by atoms with Crippen molar-refractivity contribution in [3.8, 4) is 5.75 Å². The molecule has 114 valence electrons. The number of para-hydroxylation sites is 1. The molecule has 0 atom stereocenters. The summed E-state index contributed by atoms with van der Waals surface area (Å²) in [6.45, 7) is 0. The van der Waals surface area contributed by atoms with Crippen LogP contribution in [-0.4, -0.2) is 26.1 Å². The second kappa shape index (κ2) is 7.26. The Hall–Kier alpha value is -2.82.